The second-order valence-corrected chi connectivity index (χ2v) is 6.18. The molecule has 0 aromatic heterocycles. The van der Waals surface area contributed by atoms with Crippen LogP contribution in [0.4, 0.5) is 0 Å². The van der Waals surface area contributed by atoms with Gasteiger partial charge in [0, 0.05) is 6.21 Å². The minimum atomic E-state index is -1.10. The summed E-state index contributed by atoms with van der Waals surface area (Å²) < 4.78 is 16.5. The van der Waals surface area contributed by atoms with Gasteiger partial charge in [-0.3, -0.25) is 9.79 Å². The third-order valence-electron chi connectivity index (χ3n) is 3.71. The normalized spacial score (nSPS) is 35.2. The van der Waals surface area contributed by atoms with Crippen LogP contribution in [0.3, 0.4) is 0 Å². The van der Waals surface area contributed by atoms with E-state index in [1.807, 2.05) is 0 Å². The van der Waals surface area contributed by atoms with E-state index in [0.717, 1.165) is 0 Å². The van der Waals surface area contributed by atoms with Gasteiger partial charge in [-0.1, -0.05) is 0 Å². The molecule has 2 aliphatic heterocycles. The van der Waals surface area contributed by atoms with E-state index in [-0.39, 0.29) is 23.7 Å². The van der Waals surface area contributed by atoms with E-state index >= 15 is 0 Å². The van der Waals surface area contributed by atoms with Crippen LogP contribution in [-0.4, -0.2) is 70.4 Å². The van der Waals surface area contributed by atoms with E-state index < -0.39 is 36.5 Å². The zero-order valence-electron chi connectivity index (χ0n) is 13.6. The van der Waals surface area contributed by atoms with E-state index in [0.29, 0.717) is 0 Å². The van der Waals surface area contributed by atoms with Gasteiger partial charge in [0.15, 0.2) is 17.9 Å². The molecule has 2 saturated heterocycles. The Hall–Kier alpha value is -1.32. The van der Waals surface area contributed by atoms with Gasteiger partial charge < -0.3 is 29.5 Å². The first-order chi connectivity index (χ1) is 10.6. The molecule has 0 bridgehead atoms. The van der Waals surface area contributed by atoms with Crippen LogP contribution in [0.2, 0.25) is 0 Å². The topological polar surface area (TPSA) is 118 Å². The van der Waals surface area contributed by atoms with Crippen molar-refractivity contribution in [3.05, 3.63) is 11.3 Å². The summed E-state index contributed by atoms with van der Waals surface area (Å²) in [6.07, 6.45) is -3.27. The van der Waals surface area contributed by atoms with Crippen LogP contribution in [0.15, 0.2) is 16.3 Å². The number of Topliss-reactive ketones (excluding diaryl/α,β-unsaturated/α-hetero) is 1. The lowest BCUT2D eigenvalue weighted by molar-refractivity contribution is -0.224. The highest BCUT2D eigenvalue weighted by Crippen LogP contribution is 2.38. The fourth-order valence-electron chi connectivity index (χ4n) is 2.63. The van der Waals surface area contributed by atoms with Crippen molar-refractivity contribution in [2.24, 2.45) is 4.99 Å². The van der Waals surface area contributed by atoms with Crippen molar-refractivity contribution in [1.29, 1.82) is 0 Å². The molecule has 2 heterocycles. The summed E-state index contributed by atoms with van der Waals surface area (Å²) in [6.45, 7) is 6.00. The largest absolute Gasteiger partial charge is 0.512 e. The number of allylic oxidation sites excluding steroid dienone is 2. The maximum absolute atomic E-state index is 11.3. The van der Waals surface area contributed by atoms with Gasteiger partial charge in [0.05, 0.1) is 12.1 Å². The maximum Gasteiger partial charge on any atom is 0.190 e. The van der Waals surface area contributed by atoms with Gasteiger partial charge >= 0.3 is 0 Å². The van der Waals surface area contributed by atoms with Crippen molar-refractivity contribution < 1.29 is 34.3 Å². The van der Waals surface area contributed by atoms with Gasteiger partial charge in [0.1, 0.15) is 30.2 Å². The molecule has 2 rings (SSSR count). The third-order valence-corrected chi connectivity index (χ3v) is 3.71. The first-order valence-electron chi connectivity index (χ1n) is 7.40. The molecule has 0 spiro atoms. The lowest BCUT2D eigenvalue weighted by atomic mass is 10.1. The third kappa shape index (κ3) is 3.96. The fraction of sp³-hybridized carbons (Fsp3) is 0.733. The van der Waals surface area contributed by atoms with Crippen molar-refractivity contribution >= 4 is 12.0 Å². The molecule has 23 heavy (non-hydrogen) atoms. The number of fused-ring (bicyclic) bond motifs is 1. The van der Waals surface area contributed by atoms with Gasteiger partial charge in [-0.15, -0.1) is 0 Å². The molecule has 5 atom stereocenters. The number of hydrogen-bond donors (Lipinski definition) is 3. The van der Waals surface area contributed by atoms with Crippen molar-refractivity contribution in [3.63, 3.8) is 0 Å². The van der Waals surface area contributed by atoms with Crippen LogP contribution in [0.25, 0.3) is 0 Å². The molecule has 3 N–H and O–H groups in total. The molecule has 0 aliphatic carbocycles. The first-order valence-corrected chi connectivity index (χ1v) is 7.40. The number of aliphatic hydroxyl groups excluding tert-OH is 3. The number of ether oxygens (including phenoxy) is 3. The second kappa shape index (κ2) is 6.66. The van der Waals surface area contributed by atoms with E-state index in [1.165, 1.54) is 20.1 Å². The Kier molecular flexibility index (Phi) is 5.22. The minimum Gasteiger partial charge on any atom is -0.512 e. The smallest absolute Gasteiger partial charge is 0.190 e. The molecular formula is C15H23NO7. The number of nitrogens with zero attached hydrogens (tertiary/aromatic N) is 1. The van der Waals surface area contributed by atoms with Gasteiger partial charge in [-0.05, 0) is 27.7 Å². The van der Waals surface area contributed by atoms with Gasteiger partial charge in [-0.25, -0.2) is 0 Å². The first kappa shape index (κ1) is 18.0. The number of aliphatic imine (C=N–C) groups is 1. The number of rotatable bonds is 5. The maximum atomic E-state index is 11.3. The molecule has 0 unspecified atom stereocenters. The van der Waals surface area contributed by atoms with Gasteiger partial charge in [-0.2, -0.15) is 0 Å². The van der Waals surface area contributed by atoms with E-state index in [2.05, 4.69) is 4.99 Å². The Morgan fingerprint density at radius 1 is 1.35 bits per heavy atom. The van der Waals surface area contributed by atoms with Gasteiger partial charge in [0.2, 0.25) is 0 Å². The van der Waals surface area contributed by atoms with Crippen molar-refractivity contribution in [3.8, 4) is 0 Å². The van der Waals surface area contributed by atoms with Crippen LogP contribution >= 0.6 is 0 Å². The summed E-state index contributed by atoms with van der Waals surface area (Å²) in [5.74, 6) is -1.32. The monoisotopic (exact) mass is 329 g/mol. The van der Waals surface area contributed by atoms with E-state index in [4.69, 9.17) is 14.2 Å². The van der Waals surface area contributed by atoms with Crippen LogP contribution in [0.5, 0.6) is 0 Å². The molecule has 0 amide bonds. The minimum absolute atomic E-state index is 0.0652. The number of ketones is 1. The highest BCUT2D eigenvalue weighted by atomic mass is 16.8. The number of carbonyl (C=O) groups is 1. The molecular weight excluding hydrogens is 306 g/mol. The van der Waals surface area contributed by atoms with Crippen LogP contribution < -0.4 is 0 Å². The summed E-state index contributed by atoms with van der Waals surface area (Å²) in [7, 11) is 0. The highest BCUT2D eigenvalue weighted by molar-refractivity contribution is 6.12. The summed E-state index contributed by atoms with van der Waals surface area (Å²) >= 11 is 0. The molecule has 8 heteroatoms. The average Bonchev–Trinajstić information content (AvgIpc) is 2.87. The predicted molar refractivity (Wildman–Crippen MR) is 80.1 cm³/mol. The molecule has 0 radical (unpaired) electrons. The Morgan fingerprint density at radius 2 is 2.00 bits per heavy atom. The Labute approximate surface area is 134 Å². The van der Waals surface area contributed by atoms with Crippen molar-refractivity contribution in [1.82, 2.24) is 0 Å². The summed E-state index contributed by atoms with van der Waals surface area (Å²) in [5.41, 5.74) is 0.0652. The summed E-state index contributed by atoms with van der Waals surface area (Å²) in [4.78, 5) is 15.2. The quantitative estimate of drug-likeness (QED) is 0.371. The van der Waals surface area contributed by atoms with Crippen LogP contribution in [0.1, 0.15) is 27.7 Å². The second-order valence-electron chi connectivity index (χ2n) is 6.18. The predicted octanol–water partition coefficient (Wildman–Crippen LogP) is 0.0764. The van der Waals surface area contributed by atoms with E-state index in [9.17, 15) is 20.1 Å². The number of hydrogen-bond acceptors (Lipinski definition) is 8. The zero-order valence-corrected chi connectivity index (χ0v) is 13.6. The number of carbonyl (C=O) groups excluding carboxylic acids is 1. The molecule has 0 saturated carbocycles. The lowest BCUT2D eigenvalue weighted by Gasteiger charge is -2.25. The van der Waals surface area contributed by atoms with Crippen molar-refractivity contribution in [2.45, 2.75) is 64.2 Å². The van der Waals surface area contributed by atoms with Crippen LogP contribution in [0, 0.1) is 0 Å². The molecule has 2 fully saturated rings. The summed E-state index contributed by atoms with van der Waals surface area (Å²) in [5, 5.41) is 29.7. The van der Waals surface area contributed by atoms with Gasteiger partial charge in [0.25, 0.3) is 0 Å². The number of aliphatic hydroxyl groups is 3. The Balaban J connectivity index is 1.94. The lowest BCUT2D eigenvalue weighted by Crippen LogP contribution is -2.42. The summed E-state index contributed by atoms with van der Waals surface area (Å²) in [6, 6.07) is 0. The molecule has 2 aliphatic rings. The standard InChI is InChI=1S/C15H23NO7/c1-7(17)9(8(2)18)5-16-6-10(19)12-11(20)13-14(21-12)23-15(3,4)22-13/h5,10-14,17,19-20H,6H2,1-4H3/b9-7+,16-5?/t10-,11+,12-,13-,14-/m1/s1. The Bertz CT molecular complexity index is 524. The average molecular weight is 329 g/mol. The molecule has 130 valence electrons. The molecule has 8 nitrogen and oxygen atoms in total. The molecule has 0 aromatic rings. The highest BCUT2D eigenvalue weighted by Gasteiger charge is 2.55. The van der Waals surface area contributed by atoms with E-state index in [1.54, 1.807) is 13.8 Å². The zero-order chi connectivity index (χ0) is 17.4. The fourth-order valence-corrected chi connectivity index (χ4v) is 2.63. The van der Waals surface area contributed by atoms with Crippen LogP contribution in [-0.2, 0) is 19.0 Å². The Morgan fingerprint density at radius 3 is 2.52 bits per heavy atom. The van der Waals surface area contributed by atoms with Crippen molar-refractivity contribution in [2.75, 3.05) is 6.54 Å². The molecule has 0 aromatic carbocycles. The SMILES string of the molecule is CC(=O)/C(C=NC[C@@H](O)[C@H]1O[C@@H]2OC(C)(C)O[C@@H]2[C@H]1O)=C(\C)O.